The Hall–Kier alpha value is -1.59. The van der Waals surface area contributed by atoms with Crippen molar-refractivity contribution in [3.05, 3.63) is 47.1 Å². The lowest BCUT2D eigenvalue weighted by Crippen LogP contribution is -2.49. The zero-order valence-corrected chi connectivity index (χ0v) is 15.6. The van der Waals surface area contributed by atoms with Crippen molar-refractivity contribution in [2.75, 3.05) is 5.32 Å². The van der Waals surface area contributed by atoms with E-state index < -0.39 is 0 Å². The molecule has 1 aromatic heterocycles. The second kappa shape index (κ2) is 7.53. The Labute approximate surface area is 153 Å². The van der Waals surface area contributed by atoms with Crippen molar-refractivity contribution in [3.8, 4) is 0 Å². The molecule has 0 saturated carbocycles. The highest BCUT2D eigenvalue weighted by Crippen LogP contribution is 2.23. The highest BCUT2D eigenvalue weighted by atomic mass is 35.5. The molecule has 0 aliphatic carbocycles. The first kappa shape index (κ1) is 17.2. The lowest BCUT2D eigenvalue weighted by Gasteiger charge is -2.40. The van der Waals surface area contributed by atoms with Gasteiger partial charge in [-0.05, 0) is 63.0 Å². The molecule has 6 heteroatoms. The zero-order chi connectivity index (χ0) is 17.1. The van der Waals surface area contributed by atoms with E-state index in [2.05, 4.69) is 29.2 Å². The number of hydrogen-bond acceptors (Lipinski definition) is 2. The smallest absolute Gasteiger partial charge is 0.175 e. The zero-order valence-electron chi connectivity index (χ0n) is 14.1. The predicted molar refractivity (Wildman–Crippen MR) is 104 cm³/mol. The Morgan fingerprint density at radius 3 is 2.54 bits per heavy atom. The first-order valence-electron chi connectivity index (χ1n) is 8.40. The number of nitrogens with one attached hydrogen (secondary N) is 1. The fourth-order valence-electron chi connectivity index (χ4n) is 3.29. The Balaban J connectivity index is 1.63. The van der Waals surface area contributed by atoms with Crippen LogP contribution in [0.25, 0.3) is 0 Å². The van der Waals surface area contributed by atoms with Crippen LogP contribution in [-0.4, -0.2) is 31.9 Å². The molecule has 0 amide bonds. The molecule has 128 valence electrons. The van der Waals surface area contributed by atoms with Crippen LogP contribution in [-0.2, 0) is 6.54 Å². The molecule has 1 N–H and O–H groups in total. The molecule has 0 unspecified atom stereocenters. The van der Waals surface area contributed by atoms with Gasteiger partial charge in [-0.1, -0.05) is 23.7 Å². The summed E-state index contributed by atoms with van der Waals surface area (Å²) in [6, 6.07) is 10.7. The van der Waals surface area contributed by atoms with E-state index in [0.717, 1.165) is 21.5 Å². The monoisotopic (exact) mass is 362 g/mol. The van der Waals surface area contributed by atoms with Gasteiger partial charge >= 0.3 is 0 Å². The van der Waals surface area contributed by atoms with E-state index in [-0.39, 0.29) is 0 Å². The minimum absolute atomic E-state index is 0.477. The molecule has 0 bridgehead atoms. The number of anilines is 1. The molecule has 2 atom stereocenters. The van der Waals surface area contributed by atoms with Gasteiger partial charge in [0.2, 0.25) is 0 Å². The third-order valence-corrected chi connectivity index (χ3v) is 5.13. The van der Waals surface area contributed by atoms with Crippen molar-refractivity contribution < 1.29 is 0 Å². The topological polar surface area (TPSA) is 33.1 Å². The molecule has 1 aromatic carbocycles. The van der Waals surface area contributed by atoms with E-state index in [1.165, 1.54) is 19.3 Å². The molecule has 3 rings (SSSR count). The van der Waals surface area contributed by atoms with E-state index in [4.69, 9.17) is 23.8 Å². The molecule has 24 heavy (non-hydrogen) atoms. The number of thiocarbonyl (C=S) groups is 1. The van der Waals surface area contributed by atoms with Crippen LogP contribution in [0.2, 0.25) is 5.02 Å². The average Bonchev–Trinajstić information content (AvgIpc) is 2.96. The summed E-state index contributed by atoms with van der Waals surface area (Å²) < 4.78 is 1.90. The second-order valence-electron chi connectivity index (χ2n) is 6.49. The summed E-state index contributed by atoms with van der Waals surface area (Å²) in [6.45, 7) is 5.19. The maximum Gasteiger partial charge on any atom is 0.175 e. The van der Waals surface area contributed by atoms with Gasteiger partial charge in [-0.3, -0.25) is 4.68 Å². The maximum atomic E-state index is 5.92. The first-order valence-corrected chi connectivity index (χ1v) is 9.19. The van der Waals surface area contributed by atoms with Gasteiger partial charge in [0.1, 0.15) is 0 Å². The number of piperidine rings is 1. The fraction of sp³-hybridized carbons (Fsp3) is 0.444. The van der Waals surface area contributed by atoms with Crippen molar-refractivity contribution >= 4 is 34.7 Å². The molecular weight excluding hydrogens is 340 g/mol. The van der Waals surface area contributed by atoms with Crippen LogP contribution in [0, 0.1) is 0 Å². The van der Waals surface area contributed by atoms with Crippen LogP contribution >= 0.6 is 23.8 Å². The molecular formula is C18H23ClN4S. The third kappa shape index (κ3) is 4.08. The molecule has 0 spiro atoms. The first-order chi connectivity index (χ1) is 11.5. The highest BCUT2D eigenvalue weighted by Gasteiger charge is 2.26. The van der Waals surface area contributed by atoms with Gasteiger partial charge in [-0.2, -0.15) is 5.10 Å². The molecule has 2 heterocycles. The van der Waals surface area contributed by atoms with Crippen molar-refractivity contribution in [1.82, 2.24) is 14.7 Å². The number of rotatable bonds is 3. The summed E-state index contributed by atoms with van der Waals surface area (Å²) in [5, 5.41) is 9.38. The number of aromatic nitrogens is 2. The minimum Gasteiger partial charge on any atom is -0.344 e. The Kier molecular flexibility index (Phi) is 5.41. The second-order valence-corrected chi connectivity index (χ2v) is 7.31. The lowest BCUT2D eigenvalue weighted by atomic mass is 9.98. The van der Waals surface area contributed by atoms with Crippen LogP contribution in [0.4, 0.5) is 5.82 Å². The molecule has 4 nitrogen and oxygen atoms in total. The summed E-state index contributed by atoms with van der Waals surface area (Å²) in [5.74, 6) is 0.791. The predicted octanol–water partition coefficient (Wildman–Crippen LogP) is 4.54. The quantitative estimate of drug-likeness (QED) is 0.812. The van der Waals surface area contributed by atoms with Gasteiger partial charge < -0.3 is 10.2 Å². The fourth-order valence-corrected chi connectivity index (χ4v) is 3.88. The van der Waals surface area contributed by atoms with E-state index >= 15 is 0 Å². The Morgan fingerprint density at radius 1 is 1.21 bits per heavy atom. The van der Waals surface area contributed by atoms with Crippen LogP contribution in [0.15, 0.2) is 36.5 Å². The van der Waals surface area contributed by atoms with Gasteiger partial charge in [0.25, 0.3) is 0 Å². The van der Waals surface area contributed by atoms with E-state index in [9.17, 15) is 0 Å². The molecule has 0 radical (unpaired) electrons. The highest BCUT2D eigenvalue weighted by molar-refractivity contribution is 7.80. The van der Waals surface area contributed by atoms with Crippen LogP contribution in [0.3, 0.4) is 0 Å². The SMILES string of the molecule is C[C@H]1CCC[C@H](C)N1C(=S)Nc1ccn(Cc2ccc(Cl)cc2)n1. The number of benzene rings is 1. The standard InChI is InChI=1S/C18H23ClN4S/c1-13-4-3-5-14(2)23(13)18(24)20-17-10-11-22(21-17)12-15-6-8-16(19)9-7-15/h6-11,13-14H,3-5,12H2,1-2H3,(H,20,21,24)/t13-,14-/m0/s1. The summed E-state index contributed by atoms with van der Waals surface area (Å²) in [4.78, 5) is 2.30. The van der Waals surface area contributed by atoms with Crippen LogP contribution in [0.5, 0.6) is 0 Å². The molecule has 1 saturated heterocycles. The molecule has 1 aliphatic heterocycles. The van der Waals surface area contributed by atoms with Crippen molar-refractivity contribution in [2.45, 2.75) is 51.7 Å². The molecule has 1 aliphatic rings. The molecule has 2 aromatic rings. The van der Waals surface area contributed by atoms with Gasteiger partial charge in [0.15, 0.2) is 10.9 Å². The largest absolute Gasteiger partial charge is 0.344 e. The van der Waals surface area contributed by atoms with Gasteiger partial charge in [-0.15, -0.1) is 0 Å². The summed E-state index contributed by atoms with van der Waals surface area (Å²) in [7, 11) is 0. The Morgan fingerprint density at radius 2 is 1.88 bits per heavy atom. The van der Waals surface area contributed by atoms with Gasteiger partial charge in [0, 0.05) is 29.4 Å². The van der Waals surface area contributed by atoms with Gasteiger partial charge in [-0.25, -0.2) is 0 Å². The van der Waals surface area contributed by atoms with E-state index in [1.807, 2.05) is 41.2 Å². The number of hydrogen-bond donors (Lipinski definition) is 1. The van der Waals surface area contributed by atoms with Crippen molar-refractivity contribution in [3.63, 3.8) is 0 Å². The summed E-state index contributed by atoms with van der Waals surface area (Å²) >= 11 is 11.5. The summed E-state index contributed by atoms with van der Waals surface area (Å²) in [6.07, 6.45) is 5.62. The van der Waals surface area contributed by atoms with Gasteiger partial charge in [0.05, 0.1) is 6.54 Å². The number of likely N-dealkylation sites (tertiary alicyclic amines) is 1. The normalized spacial score (nSPS) is 20.9. The van der Waals surface area contributed by atoms with E-state index in [1.54, 1.807) is 0 Å². The average molecular weight is 363 g/mol. The van der Waals surface area contributed by atoms with Crippen LogP contribution < -0.4 is 5.32 Å². The van der Waals surface area contributed by atoms with Crippen molar-refractivity contribution in [2.24, 2.45) is 0 Å². The van der Waals surface area contributed by atoms with Crippen LogP contribution in [0.1, 0.15) is 38.7 Å². The van der Waals surface area contributed by atoms with Crippen molar-refractivity contribution in [1.29, 1.82) is 0 Å². The third-order valence-electron chi connectivity index (χ3n) is 4.56. The van der Waals surface area contributed by atoms with E-state index in [0.29, 0.717) is 18.6 Å². The summed E-state index contributed by atoms with van der Waals surface area (Å²) in [5.41, 5.74) is 1.16. The number of halogens is 1. The Bertz CT molecular complexity index is 687. The number of nitrogens with zero attached hydrogens (tertiary/aromatic N) is 3. The molecule has 1 fully saturated rings. The minimum atomic E-state index is 0.477. The maximum absolute atomic E-state index is 5.92. The lowest BCUT2D eigenvalue weighted by molar-refractivity contribution is 0.194.